The van der Waals surface area contributed by atoms with Gasteiger partial charge in [0.1, 0.15) is 0 Å². The van der Waals surface area contributed by atoms with Crippen molar-refractivity contribution in [1.82, 2.24) is 5.32 Å². The normalized spacial score (nSPS) is 13.8. The Morgan fingerprint density at radius 1 is 1.61 bits per heavy atom. The Labute approximate surface area is 114 Å². The van der Waals surface area contributed by atoms with Crippen molar-refractivity contribution in [3.8, 4) is 0 Å². The summed E-state index contributed by atoms with van der Waals surface area (Å²) < 4.78 is 0. The minimum Gasteiger partial charge on any atom is -0.384 e. The Hall–Kier alpha value is -1.48. The van der Waals surface area contributed by atoms with Crippen LogP contribution in [0.4, 0.5) is 5.69 Å². The summed E-state index contributed by atoms with van der Waals surface area (Å²) in [7, 11) is 0. The predicted octanol–water partition coefficient (Wildman–Crippen LogP) is 2.77. The van der Waals surface area contributed by atoms with Gasteiger partial charge >= 0.3 is 0 Å². The standard InChI is InChI=1S/C14H18N2O.ClH/c1-3-4-10(2)16-14(17)12-5-6-13-11(9-12)7-8-15-13;/h3,5-6,9-10,15H,1,4,7-8H2,2H3,(H,16,17);1H. The number of carbonyl (C=O) groups is 1. The van der Waals surface area contributed by atoms with Crippen LogP contribution in [0.2, 0.25) is 0 Å². The average Bonchev–Trinajstić information content (AvgIpc) is 2.75. The molecule has 1 aliphatic rings. The van der Waals surface area contributed by atoms with E-state index >= 15 is 0 Å². The molecule has 1 aromatic carbocycles. The van der Waals surface area contributed by atoms with Crippen LogP contribution >= 0.6 is 12.4 Å². The van der Waals surface area contributed by atoms with E-state index in [1.54, 1.807) is 0 Å². The quantitative estimate of drug-likeness (QED) is 0.823. The molecule has 98 valence electrons. The molecular formula is C14H19ClN2O. The van der Waals surface area contributed by atoms with E-state index in [4.69, 9.17) is 0 Å². The molecule has 0 saturated carbocycles. The molecule has 0 aliphatic carbocycles. The maximum Gasteiger partial charge on any atom is 0.251 e. The number of fused-ring (bicyclic) bond motifs is 1. The second-order valence-electron chi connectivity index (χ2n) is 4.45. The molecule has 0 aromatic heterocycles. The lowest BCUT2D eigenvalue weighted by Gasteiger charge is -2.12. The number of rotatable bonds is 4. The van der Waals surface area contributed by atoms with Crippen LogP contribution in [0.3, 0.4) is 0 Å². The van der Waals surface area contributed by atoms with Gasteiger partial charge in [0.05, 0.1) is 0 Å². The van der Waals surface area contributed by atoms with E-state index in [-0.39, 0.29) is 24.4 Å². The first-order valence-electron chi connectivity index (χ1n) is 5.99. The van der Waals surface area contributed by atoms with E-state index in [0.29, 0.717) is 0 Å². The Balaban J connectivity index is 0.00000162. The highest BCUT2D eigenvalue weighted by atomic mass is 35.5. The molecule has 1 atom stereocenters. The minimum absolute atomic E-state index is 0. The van der Waals surface area contributed by atoms with Crippen LogP contribution in [-0.4, -0.2) is 18.5 Å². The van der Waals surface area contributed by atoms with Crippen LogP contribution < -0.4 is 10.6 Å². The second kappa shape index (κ2) is 6.45. The summed E-state index contributed by atoms with van der Waals surface area (Å²) >= 11 is 0. The zero-order chi connectivity index (χ0) is 12.3. The third-order valence-corrected chi connectivity index (χ3v) is 2.97. The fraction of sp³-hybridized carbons (Fsp3) is 0.357. The lowest BCUT2D eigenvalue weighted by atomic mass is 10.1. The van der Waals surface area contributed by atoms with Crippen LogP contribution in [-0.2, 0) is 6.42 Å². The molecule has 18 heavy (non-hydrogen) atoms. The topological polar surface area (TPSA) is 41.1 Å². The summed E-state index contributed by atoms with van der Waals surface area (Å²) in [6, 6.07) is 5.96. The minimum atomic E-state index is -0.00551. The number of amides is 1. The highest BCUT2D eigenvalue weighted by Gasteiger charge is 2.14. The Kier molecular flexibility index (Phi) is 5.23. The zero-order valence-corrected chi connectivity index (χ0v) is 11.3. The van der Waals surface area contributed by atoms with Crippen LogP contribution in [0.5, 0.6) is 0 Å². The van der Waals surface area contributed by atoms with Crippen LogP contribution in [0.25, 0.3) is 0 Å². The van der Waals surface area contributed by atoms with Gasteiger partial charge in [-0.15, -0.1) is 19.0 Å². The van der Waals surface area contributed by atoms with Crippen molar-refractivity contribution < 1.29 is 4.79 Å². The fourth-order valence-corrected chi connectivity index (χ4v) is 2.06. The summed E-state index contributed by atoms with van der Waals surface area (Å²) in [6.45, 7) is 6.61. The first kappa shape index (κ1) is 14.6. The number of nitrogens with one attached hydrogen (secondary N) is 2. The van der Waals surface area contributed by atoms with E-state index in [0.717, 1.165) is 30.6 Å². The van der Waals surface area contributed by atoms with Crippen molar-refractivity contribution in [2.24, 2.45) is 0 Å². The molecule has 1 amide bonds. The van der Waals surface area contributed by atoms with Gasteiger partial charge in [-0.3, -0.25) is 4.79 Å². The molecule has 4 heteroatoms. The SMILES string of the molecule is C=CCC(C)NC(=O)c1ccc2c(c1)CCN2.Cl. The van der Waals surface area contributed by atoms with Crippen molar-refractivity contribution in [2.75, 3.05) is 11.9 Å². The van der Waals surface area contributed by atoms with Gasteiger partial charge in [-0.2, -0.15) is 0 Å². The molecule has 1 aliphatic heterocycles. The van der Waals surface area contributed by atoms with Gasteiger partial charge in [0.25, 0.3) is 5.91 Å². The summed E-state index contributed by atoms with van der Waals surface area (Å²) in [6.07, 6.45) is 3.61. The first-order valence-corrected chi connectivity index (χ1v) is 5.99. The third-order valence-electron chi connectivity index (χ3n) is 2.97. The molecule has 2 rings (SSSR count). The molecule has 2 N–H and O–H groups in total. The van der Waals surface area contributed by atoms with E-state index in [2.05, 4.69) is 17.2 Å². The molecule has 0 bridgehead atoms. The molecular weight excluding hydrogens is 248 g/mol. The number of hydrogen-bond acceptors (Lipinski definition) is 2. The summed E-state index contributed by atoms with van der Waals surface area (Å²) in [5.41, 5.74) is 3.12. The van der Waals surface area contributed by atoms with Crippen molar-refractivity contribution in [3.05, 3.63) is 42.0 Å². The Bertz CT molecular complexity index is 445. The van der Waals surface area contributed by atoms with Gasteiger partial charge in [-0.1, -0.05) is 6.08 Å². The zero-order valence-electron chi connectivity index (χ0n) is 10.5. The second-order valence-corrected chi connectivity index (χ2v) is 4.45. The van der Waals surface area contributed by atoms with Gasteiger partial charge in [-0.25, -0.2) is 0 Å². The number of carbonyl (C=O) groups excluding carboxylic acids is 1. The van der Waals surface area contributed by atoms with Crippen LogP contribution in [0, 0.1) is 0 Å². The average molecular weight is 267 g/mol. The summed E-state index contributed by atoms with van der Waals surface area (Å²) in [5, 5.41) is 6.24. The van der Waals surface area contributed by atoms with Gasteiger partial charge in [0.15, 0.2) is 0 Å². The molecule has 0 radical (unpaired) electrons. The van der Waals surface area contributed by atoms with Gasteiger partial charge in [0, 0.05) is 23.8 Å². The van der Waals surface area contributed by atoms with Crippen LogP contribution in [0.15, 0.2) is 30.9 Å². The van der Waals surface area contributed by atoms with Gasteiger partial charge in [0.2, 0.25) is 0 Å². The Morgan fingerprint density at radius 3 is 3.11 bits per heavy atom. The number of benzene rings is 1. The number of hydrogen-bond donors (Lipinski definition) is 2. The lowest BCUT2D eigenvalue weighted by molar-refractivity contribution is 0.0940. The van der Waals surface area contributed by atoms with E-state index < -0.39 is 0 Å². The smallest absolute Gasteiger partial charge is 0.251 e. The third kappa shape index (κ3) is 3.26. The van der Waals surface area contributed by atoms with Crippen molar-refractivity contribution in [3.63, 3.8) is 0 Å². The lowest BCUT2D eigenvalue weighted by Crippen LogP contribution is -2.32. The largest absolute Gasteiger partial charge is 0.384 e. The maximum atomic E-state index is 12.0. The van der Waals surface area contributed by atoms with Gasteiger partial charge in [-0.05, 0) is 43.5 Å². The highest BCUT2D eigenvalue weighted by Crippen LogP contribution is 2.22. The van der Waals surface area contributed by atoms with Crippen LogP contribution in [0.1, 0.15) is 29.3 Å². The summed E-state index contributed by atoms with van der Waals surface area (Å²) in [4.78, 5) is 12.0. The molecule has 0 spiro atoms. The van der Waals surface area contributed by atoms with Crippen molar-refractivity contribution in [2.45, 2.75) is 25.8 Å². The molecule has 0 fully saturated rings. The molecule has 1 unspecified atom stereocenters. The molecule has 1 heterocycles. The monoisotopic (exact) mass is 266 g/mol. The van der Waals surface area contributed by atoms with Crippen molar-refractivity contribution in [1.29, 1.82) is 0 Å². The highest BCUT2D eigenvalue weighted by molar-refractivity contribution is 5.95. The van der Waals surface area contributed by atoms with E-state index in [1.165, 1.54) is 5.56 Å². The molecule has 1 aromatic rings. The predicted molar refractivity (Wildman–Crippen MR) is 77.6 cm³/mol. The van der Waals surface area contributed by atoms with Gasteiger partial charge < -0.3 is 10.6 Å². The number of anilines is 1. The number of halogens is 1. The van der Waals surface area contributed by atoms with E-state index in [1.807, 2.05) is 31.2 Å². The molecule has 3 nitrogen and oxygen atoms in total. The Morgan fingerprint density at radius 2 is 2.39 bits per heavy atom. The first-order chi connectivity index (χ1) is 8.20. The van der Waals surface area contributed by atoms with Crippen molar-refractivity contribution >= 4 is 24.0 Å². The molecule has 0 saturated heterocycles. The fourth-order valence-electron chi connectivity index (χ4n) is 2.06. The maximum absolute atomic E-state index is 12.0. The van der Waals surface area contributed by atoms with E-state index in [9.17, 15) is 4.79 Å². The summed E-state index contributed by atoms with van der Waals surface area (Å²) in [5.74, 6) is -0.00551.